The highest BCUT2D eigenvalue weighted by atomic mass is 15.6. The Morgan fingerprint density at radius 1 is 1.86 bits per heavy atom. The van der Waals surface area contributed by atoms with E-state index in [1.807, 2.05) is 6.92 Å². The van der Waals surface area contributed by atoms with Crippen molar-refractivity contribution in [1.29, 1.82) is 0 Å². The van der Waals surface area contributed by atoms with Gasteiger partial charge in [-0.15, -0.1) is 0 Å². The summed E-state index contributed by atoms with van der Waals surface area (Å²) < 4.78 is 0. The Morgan fingerprint density at radius 2 is 2.43 bits per heavy atom. The molecule has 0 saturated carbocycles. The van der Waals surface area contributed by atoms with Gasteiger partial charge >= 0.3 is 0 Å². The second-order valence-corrected chi connectivity index (χ2v) is 1.28. The zero-order chi connectivity index (χ0) is 5.70. The topological polar surface area (TPSA) is 41.6 Å². The summed E-state index contributed by atoms with van der Waals surface area (Å²) in [7, 11) is 1.69. The number of hydrazine groups is 1. The maximum atomic E-state index is 5.11. The van der Waals surface area contributed by atoms with E-state index >= 15 is 0 Å². The molecule has 0 amide bonds. The second-order valence-electron chi connectivity index (χ2n) is 1.28. The van der Waals surface area contributed by atoms with Gasteiger partial charge in [-0.2, -0.15) is 5.10 Å². The van der Waals surface area contributed by atoms with Crippen LogP contribution >= 0.6 is 0 Å². The fraction of sp³-hybridized carbons (Fsp3) is 0.750. The van der Waals surface area contributed by atoms with E-state index in [0.717, 1.165) is 6.42 Å². The summed E-state index contributed by atoms with van der Waals surface area (Å²) in [6.07, 6.45) is 2.68. The molecule has 7 heavy (non-hydrogen) atoms. The fourth-order valence-electron chi connectivity index (χ4n) is 0.210. The monoisotopic (exact) mass is 101 g/mol. The molecular weight excluding hydrogens is 90.1 g/mol. The standard InChI is InChI=1S/C4H11N3/c1-3-4-6-7(2)5/h4H,3,5H2,1-2H3/b6-4-. The summed E-state index contributed by atoms with van der Waals surface area (Å²) >= 11 is 0. The van der Waals surface area contributed by atoms with E-state index in [0.29, 0.717) is 0 Å². The third kappa shape index (κ3) is 5.43. The third-order valence-electron chi connectivity index (χ3n) is 0.446. The Labute approximate surface area is 43.8 Å². The zero-order valence-corrected chi connectivity index (χ0v) is 4.76. The molecule has 42 valence electrons. The van der Waals surface area contributed by atoms with Crippen LogP contribution in [0.1, 0.15) is 13.3 Å². The van der Waals surface area contributed by atoms with Gasteiger partial charge in [-0.3, -0.25) is 0 Å². The molecule has 0 atom stereocenters. The van der Waals surface area contributed by atoms with Crippen molar-refractivity contribution in [3.63, 3.8) is 0 Å². The molecule has 0 aromatic carbocycles. The summed E-state index contributed by atoms with van der Waals surface area (Å²) in [5.41, 5.74) is 0. The Kier molecular flexibility index (Phi) is 3.32. The maximum absolute atomic E-state index is 5.11. The number of hydrazone groups is 1. The van der Waals surface area contributed by atoms with Crippen molar-refractivity contribution in [3.05, 3.63) is 0 Å². The highest BCUT2D eigenvalue weighted by Crippen LogP contribution is 1.69. The van der Waals surface area contributed by atoms with Crippen LogP contribution in [0.3, 0.4) is 0 Å². The van der Waals surface area contributed by atoms with Gasteiger partial charge in [0.2, 0.25) is 0 Å². The van der Waals surface area contributed by atoms with Crippen molar-refractivity contribution in [2.24, 2.45) is 10.9 Å². The van der Waals surface area contributed by atoms with Crippen LogP contribution in [0.25, 0.3) is 0 Å². The Hall–Kier alpha value is -0.570. The molecule has 0 saturated heterocycles. The predicted molar refractivity (Wildman–Crippen MR) is 30.7 cm³/mol. The van der Waals surface area contributed by atoms with Gasteiger partial charge in [0.25, 0.3) is 0 Å². The molecule has 0 radical (unpaired) electrons. The van der Waals surface area contributed by atoms with Crippen LogP contribution in [0.4, 0.5) is 0 Å². The first-order chi connectivity index (χ1) is 3.27. The molecule has 3 nitrogen and oxygen atoms in total. The lowest BCUT2D eigenvalue weighted by Crippen LogP contribution is -2.18. The number of nitrogens with two attached hydrogens (primary N) is 1. The van der Waals surface area contributed by atoms with Crippen LogP contribution in [-0.4, -0.2) is 18.4 Å². The van der Waals surface area contributed by atoms with Gasteiger partial charge in [-0.1, -0.05) is 6.92 Å². The van der Waals surface area contributed by atoms with Gasteiger partial charge in [0.1, 0.15) is 0 Å². The van der Waals surface area contributed by atoms with Crippen molar-refractivity contribution in [3.8, 4) is 0 Å². The molecule has 0 aliphatic heterocycles. The summed E-state index contributed by atoms with van der Waals surface area (Å²) in [5, 5.41) is 5.01. The van der Waals surface area contributed by atoms with Crippen LogP contribution in [-0.2, 0) is 0 Å². The van der Waals surface area contributed by atoms with E-state index < -0.39 is 0 Å². The van der Waals surface area contributed by atoms with E-state index in [9.17, 15) is 0 Å². The summed E-state index contributed by atoms with van der Waals surface area (Å²) in [6.45, 7) is 2.01. The lowest BCUT2D eigenvalue weighted by atomic mass is 10.6. The number of nitrogens with zero attached hydrogens (tertiary/aromatic N) is 2. The minimum absolute atomic E-state index is 0.932. The average Bonchev–Trinajstić information content (AvgIpc) is 1.61. The van der Waals surface area contributed by atoms with Crippen LogP contribution in [0, 0.1) is 0 Å². The number of hydrogen-bond acceptors (Lipinski definition) is 3. The summed E-state index contributed by atoms with van der Waals surface area (Å²) in [6, 6.07) is 0. The van der Waals surface area contributed by atoms with E-state index in [-0.39, 0.29) is 0 Å². The third-order valence-corrected chi connectivity index (χ3v) is 0.446. The lowest BCUT2D eigenvalue weighted by Gasteiger charge is -1.99. The maximum Gasteiger partial charge on any atom is 0.0419 e. The molecule has 0 aliphatic carbocycles. The first-order valence-electron chi connectivity index (χ1n) is 2.28. The van der Waals surface area contributed by atoms with Gasteiger partial charge in [0, 0.05) is 13.3 Å². The van der Waals surface area contributed by atoms with Gasteiger partial charge < -0.3 is 0 Å². The van der Waals surface area contributed by atoms with E-state index in [2.05, 4.69) is 5.10 Å². The van der Waals surface area contributed by atoms with E-state index in [1.165, 1.54) is 5.12 Å². The zero-order valence-electron chi connectivity index (χ0n) is 4.76. The SMILES string of the molecule is CC/C=N\N(C)N. The minimum Gasteiger partial charge on any atom is -0.236 e. The normalized spacial score (nSPS) is 10.1. The molecule has 0 aromatic rings. The Bertz CT molecular complexity index is 58.0. The van der Waals surface area contributed by atoms with Crippen LogP contribution in [0.2, 0.25) is 0 Å². The molecule has 0 fully saturated rings. The van der Waals surface area contributed by atoms with Crippen molar-refractivity contribution in [1.82, 2.24) is 5.12 Å². The lowest BCUT2D eigenvalue weighted by molar-refractivity contribution is 0.373. The molecular formula is C4H11N3. The highest BCUT2D eigenvalue weighted by molar-refractivity contribution is 5.55. The predicted octanol–water partition coefficient (Wildman–Crippen LogP) is 0.188. The molecule has 0 aliphatic rings. The molecule has 3 heteroatoms. The van der Waals surface area contributed by atoms with Gasteiger partial charge in [-0.25, -0.2) is 11.0 Å². The van der Waals surface area contributed by atoms with Gasteiger partial charge in [0.05, 0.1) is 0 Å². The largest absolute Gasteiger partial charge is 0.236 e. The number of hydrogen-bond donors (Lipinski definition) is 1. The fourth-order valence-corrected chi connectivity index (χ4v) is 0.210. The van der Waals surface area contributed by atoms with E-state index in [4.69, 9.17) is 5.84 Å². The molecule has 0 unspecified atom stereocenters. The van der Waals surface area contributed by atoms with Crippen molar-refractivity contribution in [2.45, 2.75) is 13.3 Å². The quantitative estimate of drug-likeness (QED) is 0.306. The first kappa shape index (κ1) is 6.43. The van der Waals surface area contributed by atoms with Crippen LogP contribution in [0.15, 0.2) is 5.10 Å². The summed E-state index contributed by atoms with van der Waals surface area (Å²) in [5.74, 6) is 5.11. The Morgan fingerprint density at radius 3 is 2.57 bits per heavy atom. The van der Waals surface area contributed by atoms with Gasteiger partial charge in [0.15, 0.2) is 0 Å². The van der Waals surface area contributed by atoms with Crippen molar-refractivity contribution < 1.29 is 0 Å². The first-order valence-corrected chi connectivity index (χ1v) is 2.28. The van der Waals surface area contributed by atoms with E-state index in [1.54, 1.807) is 13.3 Å². The van der Waals surface area contributed by atoms with Gasteiger partial charge in [-0.05, 0) is 6.42 Å². The van der Waals surface area contributed by atoms with Crippen molar-refractivity contribution in [2.75, 3.05) is 7.05 Å². The minimum atomic E-state index is 0.932. The number of rotatable bonds is 2. The molecule has 2 N–H and O–H groups in total. The van der Waals surface area contributed by atoms with Crippen molar-refractivity contribution >= 4 is 6.21 Å². The molecule has 0 rings (SSSR count). The summed E-state index contributed by atoms with van der Waals surface area (Å²) in [4.78, 5) is 0. The molecule has 0 bridgehead atoms. The highest BCUT2D eigenvalue weighted by Gasteiger charge is 1.70. The molecule has 0 spiro atoms. The second kappa shape index (κ2) is 3.61. The molecule has 0 heterocycles. The van der Waals surface area contributed by atoms with Crippen LogP contribution in [0.5, 0.6) is 0 Å². The molecule has 0 aromatic heterocycles. The smallest absolute Gasteiger partial charge is 0.0419 e. The Balaban J connectivity index is 3.08. The average molecular weight is 101 g/mol. The van der Waals surface area contributed by atoms with Crippen LogP contribution < -0.4 is 5.84 Å².